The monoisotopic (exact) mass is 334 g/mol. The predicted octanol–water partition coefficient (Wildman–Crippen LogP) is 4.64. The van der Waals surface area contributed by atoms with Gasteiger partial charge in [0.2, 0.25) is 0 Å². The van der Waals surface area contributed by atoms with Crippen LogP contribution in [0.3, 0.4) is 0 Å². The van der Waals surface area contributed by atoms with Gasteiger partial charge in [0.05, 0.1) is 11.2 Å². The molecule has 0 atom stereocenters. The molecular formula is C16H20BBrO2. The summed E-state index contributed by atoms with van der Waals surface area (Å²) in [6.07, 6.45) is 1.89. The summed E-state index contributed by atoms with van der Waals surface area (Å²) in [5.74, 6) is 0. The Morgan fingerprint density at radius 1 is 1.10 bits per heavy atom. The average molecular weight is 335 g/mol. The molecule has 1 heterocycles. The molecule has 0 aliphatic carbocycles. The fraction of sp³-hybridized carbons (Fsp3) is 0.438. The first kappa shape index (κ1) is 15.6. The molecule has 2 rings (SSSR count). The third-order valence-electron chi connectivity index (χ3n) is 3.94. The third kappa shape index (κ3) is 2.94. The van der Waals surface area contributed by atoms with Crippen molar-refractivity contribution in [2.45, 2.75) is 45.8 Å². The van der Waals surface area contributed by atoms with Crippen LogP contribution in [-0.4, -0.2) is 18.3 Å². The van der Waals surface area contributed by atoms with Gasteiger partial charge in [0.1, 0.15) is 0 Å². The van der Waals surface area contributed by atoms with E-state index in [4.69, 9.17) is 9.31 Å². The van der Waals surface area contributed by atoms with Gasteiger partial charge in [0.25, 0.3) is 0 Å². The lowest BCUT2D eigenvalue weighted by Gasteiger charge is -2.32. The maximum atomic E-state index is 6.11. The van der Waals surface area contributed by atoms with Crippen molar-refractivity contribution in [1.29, 1.82) is 0 Å². The SMILES string of the molecule is CC=C=C(B1OC(C)(C)C(C)(C)O1)c1ccc(Br)cc1. The second kappa shape index (κ2) is 5.53. The number of hydrogen-bond donors (Lipinski definition) is 0. The number of hydrogen-bond acceptors (Lipinski definition) is 2. The first-order valence-electron chi connectivity index (χ1n) is 6.79. The van der Waals surface area contributed by atoms with Crippen LogP contribution >= 0.6 is 15.9 Å². The second-order valence-electron chi connectivity index (χ2n) is 5.94. The molecular weight excluding hydrogens is 315 g/mol. The van der Waals surface area contributed by atoms with Crippen LogP contribution in [0.1, 0.15) is 40.2 Å². The van der Waals surface area contributed by atoms with Gasteiger partial charge in [0.15, 0.2) is 0 Å². The lowest BCUT2D eigenvalue weighted by atomic mass is 9.74. The van der Waals surface area contributed by atoms with E-state index in [9.17, 15) is 0 Å². The summed E-state index contributed by atoms with van der Waals surface area (Å²) in [4.78, 5) is 0. The first-order valence-corrected chi connectivity index (χ1v) is 7.59. The minimum atomic E-state index is -0.391. The van der Waals surface area contributed by atoms with Crippen molar-refractivity contribution in [3.8, 4) is 0 Å². The molecule has 0 unspecified atom stereocenters. The normalized spacial score (nSPS) is 19.6. The fourth-order valence-corrected chi connectivity index (χ4v) is 2.30. The summed E-state index contributed by atoms with van der Waals surface area (Å²) >= 11 is 3.45. The van der Waals surface area contributed by atoms with Crippen molar-refractivity contribution in [1.82, 2.24) is 0 Å². The smallest absolute Gasteiger partial charge is 0.399 e. The Morgan fingerprint density at radius 3 is 2.05 bits per heavy atom. The second-order valence-corrected chi connectivity index (χ2v) is 6.86. The highest BCUT2D eigenvalue weighted by Crippen LogP contribution is 2.40. The van der Waals surface area contributed by atoms with Crippen molar-refractivity contribution in [2.75, 3.05) is 0 Å². The molecule has 1 aliphatic rings. The fourth-order valence-electron chi connectivity index (χ4n) is 2.03. The van der Waals surface area contributed by atoms with Gasteiger partial charge in [-0.25, -0.2) is 0 Å². The van der Waals surface area contributed by atoms with E-state index in [0.717, 1.165) is 15.5 Å². The predicted molar refractivity (Wildman–Crippen MR) is 87.4 cm³/mol. The lowest BCUT2D eigenvalue weighted by molar-refractivity contribution is 0.00578. The number of halogens is 1. The quantitative estimate of drug-likeness (QED) is 0.579. The summed E-state index contributed by atoms with van der Waals surface area (Å²) in [5.41, 5.74) is 4.57. The highest BCUT2D eigenvalue weighted by atomic mass is 79.9. The van der Waals surface area contributed by atoms with Gasteiger partial charge >= 0.3 is 7.12 Å². The molecule has 0 spiro atoms. The van der Waals surface area contributed by atoms with Gasteiger partial charge in [-0.05, 0) is 58.4 Å². The topological polar surface area (TPSA) is 18.5 Å². The molecule has 20 heavy (non-hydrogen) atoms. The average Bonchev–Trinajstić information content (AvgIpc) is 2.57. The Hall–Kier alpha value is -0.795. The summed E-state index contributed by atoms with van der Waals surface area (Å²) < 4.78 is 13.3. The molecule has 0 N–H and O–H groups in total. The van der Waals surface area contributed by atoms with Gasteiger partial charge in [-0.3, -0.25) is 0 Å². The Labute approximate surface area is 130 Å². The van der Waals surface area contributed by atoms with Crippen molar-refractivity contribution in [2.24, 2.45) is 0 Å². The molecule has 1 fully saturated rings. The highest BCUT2D eigenvalue weighted by Gasteiger charge is 2.52. The number of allylic oxidation sites excluding steroid dienone is 1. The van der Waals surface area contributed by atoms with Crippen LogP contribution in [0.4, 0.5) is 0 Å². The van der Waals surface area contributed by atoms with Crippen molar-refractivity contribution >= 4 is 28.5 Å². The summed E-state index contributed by atoms with van der Waals surface area (Å²) in [5, 5.41) is 0. The zero-order chi connectivity index (χ0) is 15.0. The lowest BCUT2D eigenvalue weighted by Crippen LogP contribution is -2.41. The van der Waals surface area contributed by atoms with E-state index >= 15 is 0 Å². The van der Waals surface area contributed by atoms with Gasteiger partial charge in [-0.2, -0.15) is 0 Å². The van der Waals surface area contributed by atoms with Crippen molar-refractivity contribution in [3.63, 3.8) is 0 Å². The van der Waals surface area contributed by atoms with Crippen LogP contribution < -0.4 is 0 Å². The molecule has 1 aliphatic heterocycles. The molecule has 0 aromatic heterocycles. The zero-order valence-corrected chi connectivity index (χ0v) is 14.2. The molecule has 1 saturated heterocycles. The molecule has 0 radical (unpaired) electrons. The van der Waals surface area contributed by atoms with Crippen LogP contribution in [0.25, 0.3) is 5.47 Å². The minimum absolute atomic E-state index is 0.340. The van der Waals surface area contributed by atoms with Gasteiger partial charge in [-0.1, -0.05) is 28.1 Å². The van der Waals surface area contributed by atoms with E-state index < -0.39 is 7.12 Å². The van der Waals surface area contributed by atoms with Gasteiger partial charge < -0.3 is 9.31 Å². The third-order valence-corrected chi connectivity index (χ3v) is 4.47. The molecule has 4 heteroatoms. The maximum absolute atomic E-state index is 6.11. The Kier molecular flexibility index (Phi) is 4.31. The van der Waals surface area contributed by atoms with Crippen molar-refractivity contribution in [3.05, 3.63) is 46.1 Å². The van der Waals surface area contributed by atoms with Crippen LogP contribution in [-0.2, 0) is 9.31 Å². The Bertz CT molecular complexity index is 538. The van der Waals surface area contributed by atoms with Crippen molar-refractivity contribution < 1.29 is 9.31 Å². The van der Waals surface area contributed by atoms with Crippen LogP contribution in [0.2, 0.25) is 0 Å². The Morgan fingerprint density at radius 2 is 1.60 bits per heavy atom. The van der Waals surface area contributed by atoms with E-state index in [1.54, 1.807) is 0 Å². The first-order chi connectivity index (χ1) is 9.27. The molecule has 0 amide bonds. The van der Waals surface area contributed by atoms with Crippen LogP contribution in [0.5, 0.6) is 0 Å². The van der Waals surface area contributed by atoms with E-state index in [1.165, 1.54) is 0 Å². The number of rotatable bonds is 2. The minimum Gasteiger partial charge on any atom is -0.399 e. The molecule has 0 bridgehead atoms. The van der Waals surface area contributed by atoms with Crippen LogP contribution in [0, 0.1) is 0 Å². The number of benzene rings is 1. The summed E-state index contributed by atoms with van der Waals surface area (Å²) in [6, 6.07) is 8.11. The summed E-state index contributed by atoms with van der Waals surface area (Å²) in [7, 11) is -0.391. The largest absolute Gasteiger partial charge is 0.503 e. The molecule has 2 nitrogen and oxygen atoms in total. The van der Waals surface area contributed by atoms with Crippen LogP contribution in [0.15, 0.2) is 40.5 Å². The van der Waals surface area contributed by atoms with Gasteiger partial charge in [0, 0.05) is 9.95 Å². The van der Waals surface area contributed by atoms with E-state index in [0.29, 0.717) is 0 Å². The zero-order valence-electron chi connectivity index (χ0n) is 12.7. The Balaban J connectivity index is 2.38. The summed E-state index contributed by atoms with van der Waals surface area (Å²) in [6.45, 7) is 10.2. The van der Waals surface area contributed by atoms with E-state index in [1.807, 2.05) is 37.3 Å². The molecule has 1 aromatic rings. The van der Waals surface area contributed by atoms with Gasteiger partial charge in [-0.15, -0.1) is 5.73 Å². The molecule has 106 valence electrons. The standard InChI is InChI=1S/C16H20BBrO2/c1-6-7-14(12-8-10-13(18)11-9-12)17-19-15(2,3)16(4,5)20-17/h6,8-11H,1-5H3. The molecule has 1 aromatic carbocycles. The highest BCUT2D eigenvalue weighted by molar-refractivity contribution is 9.10. The van der Waals surface area contributed by atoms with E-state index in [2.05, 4.69) is 49.4 Å². The maximum Gasteiger partial charge on any atom is 0.503 e. The van der Waals surface area contributed by atoms with E-state index in [-0.39, 0.29) is 11.2 Å². The molecule has 0 saturated carbocycles.